The van der Waals surface area contributed by atoms with Gasteiger partial charge in [-0.15, -0.1) is 0 Å². The van der Waals surface area contributed by atoms with Gasteiger partial charge in [-0.2, -0.15) is 10.1 Å². The molecule has 0 bridgehead atoms. The Kier molecular flexibility index (Phi) is 4.49. The highest BCUT2D eigenvalue weighted by molar-refractivity contribution is 5.87. The van der Waals surface area contributed by atoms with Crippen LogP contribution in [0.25, 0.3) is 11.2 Å². The normalized spacial score (nSPS) is 13.5. The summed E-state index contributed by atoms with van der Waals surface area (Å²) in [6.07, 6.45) is 0. The Morgan fingerprint density at radius 1 is 1.17 bits per heavy atom. The number of aromatic nitrogens is 4. The van der Waals surface area contributed by atoms with Crippen LogP contribution in [0.1, 0.15) is 25.0 Å². The third-order valence-electron chi connectivity index (χ3n) is 5.00. The van der Waals surface area contributed by atoms with Gasteiger partial charge in [-0.25, -0.2) is 9.80 Å². The van der Waals surface area contributed by atoms with E-state index in [2.05, 4.69) is 16.7 Å². The Balaban J connectivity index is 1.92. The second kappa shape index (κ2) is 6.88. The molecule has 0 saturated heterocycles. The largest absolute Gasteiger partial charge is 0.332 e. The van der Waals surface area contributed by atoms with Crippen molar-refractivity contribution in [1.29, 1.82) is 0 Å². The number of hydrogen-bond donors (Lipinski definition) is 0. The van der Waals surface area contributed by atoms with Crippen LogP contribution in [-0.2, 0) is 20.1 Å². The quantitative estimate of drug-likeness (QED) is 0.637. The Labute approximate surface area is 168 Å². The topological polar surface area (TPSA) is 77.4 Å². The molecule has 3 heterocycles. The summed E-state index contributed by atoms with van der Waals surface area (Å²) in [6.45, 7) is 10.9. The number of fused-ring (bicyclic) bond motifs is 3. The number of rotatable bonds is 4. The van der Waals surface area contributed by atoms with Gasteiger partial charge in [-0.3, -0.25) is 18.5 Å². The Hall–Kier alpha value is -3.42. The number of aryl methyl sites for hydroxylation is 2. The highest BCUT2D eigenvalue weighted by Gasteiger charge is 2.26. The lowest BCUT2D eigenvalue weighted by Gasteiger charge is -2.24. The Bertz CT molecular complexity index is 1270. The highest BCUT2D eigenvalue weighted by atomic mass is 16.2. The lowest BCUT2D eigenvalue weighted by molar-refractivity contribution is 0.653. The van der Waals surface area contributed by atoms with Gasteiger partial charge in [0.25, 0.3) is 5.56 Å². The predicted octanol–water partition coefficient (Wildman–Crippen LogP) is 2.03. The molecule has 0 atom stereocenters. The molecule has 0 radical (unpaired) electrons. The lowest BCUT2D eigenvalue weighted by Crippen LogP contribution is -2.40. The first-order valence-corrected chi connectivity index (χ1v) is 9.48. The molecule has 0 unspecified atom stereocenters. The zero-order chi connectivity index (χ0) is 20.9. The smallest absolute Gasteiger partial charge is 0.297 e. The van der Waals surface area contributed by atoms with Crippen molar-refractivity contribution in [2.45, 2.75) is 33.9 Å². The van der Waals surface area contributed by atoms with Crippen molar-refractivity contribution in [2.75, 3.05) is 11.6 Å². The van der Waals surface area contributed by atoms with Crippen LogP contribution in [0.15, 0.2) is 51.1 Å². The van der Waals surface area contributed by atoms with E-state index in [1.54, 1.807) is 12.1 Å². The summed E-state index contributed by atoms with van der Waals surface area (Å²) in [6, 6.07) is 7.81. The number of imidazole rings is 1. The van der Waals surface area contributed by atoms with Crippen LogP contribution >= 0.6 is 0 Å². The van der Waals surface area contributed by atoms with Crippen LogP contribution < -0.4 is 16.3 Å². The number of anilines is 1. The first-order chi connectivity index (χ1) is 13.8. The molecule has 3 aromatic rings. The molecule has 8 heteroatoms. The minimum absolute atomic E-state index is 0.213. The monoisotopic (exact) mass is 392 g/mol. The molecule has 0 fully saturated rings. The predicted molar refractivity (Wildman–Crippen MR) is 115 cm³/mol. The molecule has 2 aromatic heterocycles. The van der Waals surface area contributed by atoms with E-state index < -0.39 is 0 Å². The molecule has 150 valence electrons. The fourth-order valence-electron chi connectivity index (χ4n) is 3.60. The molecule has 1 aromatic carbocycles. The van der Waals surface area contributed by atoms with E-state index in [1.165, 1.54) is 9.13 Å². The summed E-state index contributed by atoms with van der Waals surface area (Å²) in [5.41, 5.74) is 3.86. The number of benzene rings is 1. The van der Waals surface area contributed by atoms with E-state index in [9.17, 15) is 9.59 Å². The van der Waals surface area contributed by atoms with Gasteiger partial charge in [0.05, 0.1) is 25.3 Å². The van der Waals surface area contributed by atoms with Gasteiger partial charge >= 0.3 is 5.69 Å². The van der Waals surface area contributed by atoms with Crippen molar-refractivity contribution in [2.24, 2.45) is 12.1 Å². The molecule has 0 aliphatic carbocycles. The van der Waals surface area contributed by atoms with Crippen LogP contribution in [0.2, 0.25) is 0 Å². The van der Waals surface area contributed by atoms with Gasteiger partial charge in [-0.1, -0.05) is 42.0 Å². The molecule has 0 saturated carbocycles. The van der Waals surface area contributed by atoms with E-state index in [0.717, 1.165) is 22.4 Å². The highest BCUT2D eigenvalue weighted by Crippen LogP contribution is 2.24. The number of nitrogens with zero attached hydrogens (tertiary/aromatic N) is 6. The van der Waals surface area contributed by atoms with Crippen LogP contribution in [0.5, 0.6) is 0 Å². The van der Waals surface area contributed by atoms with Gasteiger partial charge in [0.15, 0.2) is 11.2 Å². The first kappa shape index (κ1) is 18.9. The summed E-state index contributed by atoms with van der Waals surface area (Å²) in [5.74, 6) is 0.550. The lowest BCUT2D eigenvalue weighted by atomic mass is 10.1. The standard InChI is InChI=1S/C21H24N6O2/c1-13(2)10-27-20-22-18-17(25(20)11-15(4)23-27)19(28)26(21(29)24(18)5)12-16-8-6-14(3)7-9-16/h6-9H,1,10-12H2,2-5H3. The number of hydrazone groups is 1. The van der Waals surface area contributed by atoms with Gasteiger partial charge in [-0.05, 0) is 26.3 Å². The molecular weight excluding hydrogens is 368 g/mol. The van der Waals surface area contributed by atoms with Gasteiger partial charge in [0.2, 0.25) is 5.95 Å². The first-order valence-electron chi connectivity index (χ1n) is 9.48. The fraction of sp³-hybridized carbons (Fsp3) is 0.333. The second-order valence-electron chi connectivity index (χ2n) is 7.74. The third kappa shape index (κ3) is 3.20. The zero-order valence-electron chi connectivity index (χ0n) is 17.1. The summed E-state index contributed by atoms with van der Waals surface area (Å²) < 4.78 is 4.55. The molecule has 1 aliphatic rings. The third-order valence-corrected chi connectivity index (χ3v) is 5.00. The SMILES string of the molecule is C=C(C)CN1N=C(C)Cn2c1nc1c2c(=O)n(Cc2ccc(C)cc2)c(=O)n1C. The summed E-state index contributed by atoms with van der Waals surface area (Å²) in [5, 5.41) is 6.28. The van der Waals surface area contributed by atoms with Gasteiger partial charge in [0.1, 0.15) is 0 Å². The molecule has 0 amide bonds. The molecular formula is C21H24N6O2. The molecule has 0 N–H and O–H groups in total. The van der Waals surface area contributed by atoms with Crippen LogP contribution in [0.4, 0.5) is 5.95 Å². The van der Waals surface area contributed by atoms with Crippen molar-refractivity contribution in [3.8, 4) is 0 Å². The summed E-state index contributed by atoms with van der Waals surface area (Å²) in [7, 11) is 1.64. The van der Waals surface area contributed by atoms with Crippen molar-refractivity contribution in [3.63, 3.8) is 0 Å². The molecule has 0 spiro atoms. The van der Waals surface area contributed by atoms with Gasteiger partial charge < -0.3 is 0 Å². The van der Waals surface area contributed by atoms with E-state index in [-0.39, 0.29) is 17.8 Å². The maximum absolute atomic E-state index is 13.4. The maximum atomic E-state index is 13.4. The van der Waals surface area contributed by atoms with Gasteiger partial charge in [0, 0.05) is 7.05 Å². The summed E-state index contributed by atoms with van der Waals surface area (Å²) >= 11 is 0. The van der Waals surface area contributed by atoms with Crippen LogP contribution in [0.3, 0.4) is 0 Å². The molecule has 1 aliphatic heterocycles. The van der Waals surface area contributed by atoms with E-state index in [0.29, 0.717) is 30.2 Å². The zero-order valence-corrected chi connectivity index (χ0v) is 17.1. The number of hydrogen-bond acceptors (Lipinski definition) is 5. The fourth-order valence-corrected chi connectivity index (χ4v) is 3.60. The molecule has 8 nitrogen and oxygen atoms in total. The van der Waals surface area contributed by atoms with Crippen LogP contribution in [-0.4, -0.2) is 30.9 Å². The second-order valence-corrected chi connectivity index (χ2v) is 7.74. The Morgan fingerprint density at radius 3 is 2.52 bits per heavy atom. The summed E-state index contributed by atoms with van der Waals surface area (Å²) in [4.78, 5) is 30.9. The van der Waals surface area contributed by atoms with Crippen molar-refractivity contribution in [3.05, 3.63) is 68.4 Å². The average molecular weight is 392 g/mol. The minimum atomic E-state index is -0.386. The average Bonchev–Trinajstić information content (AvgIpc) is 3.04. The maximum Gasteiger partial charge on any atom is 0.332 e. The van der Waals surface area contributed by atoms with Crippen molar-refractivity contribution < 1.29 is 0 Å². The molecule has 29 heavy (non-hydrogen) atoms. The van der Waals surface area contributed by atoms with Crippen LogP contribution in [0, 0.1) is 6.92 Å². The van der Waals surface area contributed by atoms with E-state index >= 15 is 0 Å². The van der Waals surface area contributed by atoms with E-state index in [1.807, 2.05) is 49.6 Å². The van der Waals surface area contributed by atoms with Crippen molar-refractivity contribution >= 4 is 22.8 Å². The minimum Gasteiger partial charge on any atom is -0.297 e. The van der Waals surface area contributed by atoms with Crippen molar-refractivity contribution in [1.82, 2.24) is 18.7 Å². The Morgan fingerprint density at radius 2 is 1.86 bits per heavy atom. The molecule has 4 rings (SSSR count). The van der Waals surface area contributed by atoms with E-state index in [4.69, 9.17) is 0 Å².